The van der Waals surface area contributed by atoms with Gasteiger partial charge in [-0.15, -0.1) is 0 Å². The van der Waals surface area contributed by atoms with Crippen molar-refractivity contribution >= 4 is 5.91 Å². The number of furan rings is 1. The van der Waals surface area contributed by atoms with E-state index in [1.54, 1.807) is 25.3 Å². The molecule has 5 rings (SSSR count). The van der Waals surface area contributed by atoms with Crippen LogP contribution in [0.3, 0.4) is 0 Å². The number of nitrogens with zero attached hydrogens (tertiary/aromatic N) is 1. The first-order valence-electron chi connectivity index (χ1n) is 11.2. The Balaban J connectivity index is 1.21. The molecule has 0 saturated carbocycles. The molecule has 2 aliphatic heterocycles. The average molecular weight is 449 g/mol. The van der Waals surface area contributed by atoms with Gasteiger partial charge in [0, 0.05) is 36.7 Å². The van der Waals surface area contributed by atoms with Crippen LogP contribution in [0.2, 0.25) is 0 Å². The summed E-state index contributed by atoms with van der Waals surface area (Å²) >= 11 is 0. The first-order chi connectivity index (χ1) is 16.1. The van der Waals surface area contributed by atoms with Crippen LogP contribution >= 0.6 is 0 Å². The highest BCUT2D eigenvalue weighted by Gasteiger charge is 2.44. The van der Waals surface area contributed by atoms with Crippen molar-refractivity contribution in [2.45, 2.75) is 31.4 Å². The minimum Gasteiger partial charge on any atom is -0.497 e. The lowest BCUT2D eigenvalue weighted by molar-refractivity contribution is 0.0612. The minimum absolute atomic E-state index is 0.0454. The number of hydrogen-bond acceptors (Lipinski definition) is 6. The topological polar surface area (TPSA) is 87.2 Å². The third kappa shape index (κ3) is 4.16. The van der Waals surface area contributed by atoms with E-state index in [0.717, 1.165) is 29.9 Å². The van der Waals surface area contributed by atoms with E-state index in [1.807, 2.05) is 35.2 Å². The zero-order valence-corrected chi connectivity index (χ0v) is 18.7. The van der Waals surface area contributed by atoms with Gasteiger partial charge >= 0.3 is 0 Å². The number of hydrogen-bond donors (Lipinski definition) is 1. The number of carbonyl (C=O) groups excluding carboxylic acids is 1. The highest BCUT2D eigenvalue weighted by Crippen LogP contribution is 2.46. The van der Waals surface area contributed by atoms with Gasteiger partial charge in [-0.1, -0.05) is 18.2 Å². The quantitative estimate of drug-likeness (QED) is 0.616. The second kappa shape index (κ2) is 8.83. The molecule has 1 saturated heterocycles. The molecule has 0 aliphatic carbocycles. The maximum absolute atomic E-state index is 13.0. The summed E-state index contributed by atoms with van der Waals surface area (Å²) in [6, 6.07) is 17.1. The molecule has 33 heavy (non-hydrogen) atoms. The fraction of sp³-hybridized carbons (Fsp3) is 0.346. The van der Waals surface area contributed by atoms with Crippen molar-refractivity contribution in [1.29, 1.82) is 0 Å². The summed E-state index contributed by atoms with van der Waals surface area (Å²) < 4.78 is 22.7. The van der Waals surface area contributed by atoms with Crippen molar-refractivity contribution < 1.29 is 23.4 Å². The number of carbonyl (C=O) groups is 1. The van der Waals surface area contributed by atoms with E-state index in [0.29, 0.717) is 43.5 Å². The van der Waals surface area contributed by atoms with E-state index >= 15 is 0 Å². The van der Waals surface area contributed by atoms with Gasteiger partial charge in [0.05, 0.1) is 13.7 Å². The lowest BCUT2D eigenvalue weighted by atomic mass is 9.74. The number of nitrogens with two attached hydrogens (primary N) is 1. The molecule has 7 nitrogen and oxygen atoms in total. The first-order valence-corrected chi connectivity index (χ1v) is 11.2. The zero-order chi connectivity index (χ0) is 22.8. The van der Waals surface area contributed by atoms with Gasteiger partial charge in [-0.3, -0.25) is 4.79 Å². The van der Waals surface area contributed by atoms with Crippen LogP contribution in [-0.2, 0) is 18.6 Å². The monoisotopic (exact) mass is 448 g/mol. The molecule has 1 aromatic heterocycles. The van der Waals surface area contributed by atoms with Gasteiger partial charge in [-0.25, -0.2) is 0 Å². The molecule has 1 amide bonds. The van der Waals surface area contributed by atoms with Crippen molar-refractivity contribution in [3.8, 4) is 17.2 Å². The highest BCUT2D eigenvalue weighted by atomic mass is 16.5. The van der Waals surface area contributed by atoms with Crippen LogP contribution in [0.1, 0.15) is 40.3 Å². The summed E-state index contributed by atoms with van der Waals surface area (Å²) in [6.45, 7) is 2.72. The third-order valence-electron chi connectivity index (χ3n) is 6.66. The summed E-state index contributed by atoms with van der Waals surface area (Å²) in [7, 11) is 1.61. The van der Waals surface area contributed by atoms with Crippen LogP contribution in [0, 0.1) is 0 Å². The fourth-order valence-electron chi connectivity index (χ4n) is 4.66. The summed E-state index contributed by atoms with van der Waals surface area (Å²) in [6.07, 6.45) is 1.71. The highest BCUT2D eigenvalue weighted by molar-refractivity contribution is 5.91. The largest absolute Gasteiger partial charge is 0.497 e. The van der Waals surface area contributed by atoms with Crippen molar-refractivity contribution in [2.75, 3.05) is 26.8 Å². The molecule has 0 atom stereocenters. The number of piperidine rings is 1. The van der Waals surface area contributed by atoms with E-state index in [1.165, 1.54) is 5.56 Å². The molecule has 7 heteroatoms. The van der Waals surface area contributed by atoms with Crippen LogP contribution in [0.25, 0.3) is 0 Å². The second-order valence-electron chi connectivity index (χ2n) is 8.63. The number of amides is 1. The standard InChI is InChI=1S/C26H28N2O5/c1-30-19-3-2-4-20(14-19)31-16-21-6-8-24(33-21)25(29)28-11-9-26(10-12-28)17-32-23-7-5-18(15-27)13-22(23)26/h2-8,13-14H,9-12,15-17,27H2,1H3. The number of likely N-dealkylation sites (tertiary alicyclic amines) is 1. The number of fused-ring (bicyclic) bond motifs is 2. The van der Waals surface area contributed by atoms with Crippen LogP contribution in [-0.4, -0.2) is 37.6 Å². The average Bonchev–Trinajstić information content (AvgIpc) is 3.48. The van der Waals surface area contributed by atoms with E-state index in [4.69, 9.17) is 24.4 Å². The Morgan fingerprint density at radius 2 is 1.91 bits per heavy atom. The minimum atomic E-state index is -0.0904. The molecule has 2 N–H and O–H groups in total. The molecular formula is C26H28N2O5. The Morgan fingerprint density at radius 3 is 2.70 bits per heavy atom. The summed E-state index contributed by atoms with van der Waals surface area (Å²) in [5.41, 5.74) is 8.13. The third-order valence-corrected chi connectivity index (χ3v) is 6.66. The predicted molar refractivity (Wildman–Crippen MR) is 123 cm³/mol. The molecule has 3 heterocycles. The molecule has 2 aromatic carbocycles. The summed E-state index contributed by atoms with van der Waals surface area (Å²) in [4.78, 5) is 14.9. The van der Waals surface area contributed by atoms with E-state index in [2.05, 4.69) is 6.07 Å². The van der Waals surface area contributed by atoms with Gasteiger partial charge in [0.25, 0.3) is 5.91 Å². The van der Waals surface area contributed by atoms with Gasteiger partial charge in [0.15, 0.2) is 5.76 Å². The van der Waals surface area contributed by atoms with Crippen molar-refractivity contribution in [3.05, 3.63) is 77.2 Å². The molecule has 0 radical (unpaired) electrons. The van der Waals surface area contributed by atoms with Gasteiger partial charge < -0.3 is 29.3 Å². The Bertz CT molecular complexity index is 1150. The van der Waals surface area contributed by atoms with Gasteiger partial charge in [-0.2, -0.15) is 0 Å². The van der Waals surface area contributed by atoms with Gasteiger partial charge in [0.1, 0.15) is 29.6 Å². The molecule has 0 unspecified atom stereocenters. The number of rotatable bonds is 6. The zero-order valence-electron chi connectivity index (χ0n) is 18.7. The number of methoxy groups -OCH3 is 1. The lowest BCUT2D eigenvalue weighted by Crippen LogP contribution is -2.46. The van der Waals surface area contributed by atoms with Crippen LogP contribution in [0.5, 0.6) is 17.2 Å². The number of ether oxygens (including phenoxy) is 3. The maximum atomic E-state index is 13.0. The maximum Gasteiger partial charge on any atom is 0.289 e. The molecular weight excluding hydrogens is 420 g/mol. The second-order valence-corrected chi connectivity index (χ2v) is 8.63. The predicted octanol–water partition coefficient (Wildman–Crippen LogP) is 3.89. The summed E-state index contributed by atoms with van der Waals surface area (Å²) in [5.74, 6) is 3.19. The van der Waals surface area contributed by atoms with E-state index in [-0.39, 0.29) is 17.9 Å². The van der Waals surface area contributed by atoms with Crippen LogP contribution in [0.4, 0.5) is 0 Å². The van der Waals surface area contributed by atoms with Gasteiger partial charge in [0.2, 0.25) is 0 Å². The Hall–Kier alpha value is -3.45. The van der Waals surface area contributed by atoms with Crippen molar-refractivity contribution in [2.24, 2.45) is 5.73 Å². The van der Waals surface area contributed by atoms with E-state index in [9.17, 15) is 4.79 Å². The molecule has 0 bridgehead atoms. The SMILES string of the molecule is COc1cccc(OCc2ccc(C(=O)N3CCC4(CC3)COc3ccc(CN)cc34)o2)c1. The van der Waals surface area contributed by atoms with Crippen molar-refractivity contribution in [1.82, 2.24) is 4.90 Å². The van der Waals surface area contributed by atoms with Gasteiger partial charge in [-0.05, 0) is 48.7 Å². The smallest absolute Gasteiger partial charge is 0.289 e. The molecule has 172 valence electrons. The Kier molecular flexibility index (Phi) is 5.72. The lowest BCUT2D eigenvalue weighted by Gasteiger charge is -2.38. The Morgan fingerprint density at radius 1 is 1.09 bits per heavy atom. The first kappa shape index (κ1) is 21.4. The molecule has 1 spiro atoms. The fourth-order valence-corrected chi connectivity index (χ4v) is 4.66. The van der Waals surface area contributed by atoms with Crippen molar-refractivity contribution in [3.63, 3.8) is 0 Å². The van der Waals surface area contributed by atoms with E-state index < -0.39 is 0 Å². The molecule has 1 fully saturated rings. The Labute approximate surface area is 193 Å². The molecule has 2 aliphatic rings. The normalized spacial score (nSPS) is 16.4. The van der Waals surface area contributed by atoms with Crippen LogP contribution in [0.15, 0.2) is 59.0 Å². The molecule has 3 aromatic rings. The van der Waals surface area contributed by atoms with Crippen LogP contribution < -0.4 is 19.9 Å². The summed E-state index contributed by atoms with van der Waals surface area (Å²) in [5, 5.41) is 0. The number of benzene rings is 2.